The Labute approximate surface area is 115 Å². The quantitative estimate of drug-likeness (QED) is 0.933. The first-order valence-corrected chi connectivity index (χ1v) is 7.17. The van der Waals surface area contributed by atoms with Gasteiger partial charge in [-0.1, -0.05) is 28.1 Å². The predicted octanol–water partition coefficient (Wildman–Crippen LogP) is 2.84. The molecule has 2 aliphatic rings. The average molecular weight is 310 g/mol. The van der Waals surface area contributed by atoms with Gasteiger partial charge in [0, 0.05) is 23.6 Å². The Hall–Kier alpha value is -0.870. The van der Waals surface area contributed by atoms with Crippen LogP contribution in [0.3, 0.4) is 0 Å². The van der Waals surface area contributed by atoms with Crippen molar-refractivity contribution in [1.82, 2.24) is 4.90 Å². The third kappa shape index (κ3) is 2.08. The van der Waals surface area contributed by atoms with Crippen LogP contribution in [-0.2, 0) is 11.2 Å². The number of hydrogen-bond acceptors (Lipinski definition) is 2. The van der Waals surface area contributed by atoms with Gasteiger partial charge in [0.05, 0.1) is 6.42 Å². The number of carbonyl (C=O) groups is 1. The summed E-state index contributed by atoms with van der Waals surface area (Å²) in [5, 5.41) is 8.77. The zero-order chi connectivity index (χ0) is 12.7. The Morgan fingerprint density at radius 2 is 2.22 bits per heavy atom. The molecule has 1 saturated heterocycles. The van der Waals surface area contributed by atoms with Crippen molar-refractivity contribution in [2.45, 2.75) is 25.3 Å². The third-order valence-electron chi connectivity index (χ3n) is 4.07. The molecule has 1 aliphatic heterocycles. The molecule has 1 heterocycles. The zero-order valence-corrected chi connectivity index (χ0v) is 11.7. The second-order valence-electron chi connectivity index (χ2n) is 5.28. The maximum Gasteiger partial charge on any atom is 0.303 e. The second kappa shape index (κ2) is 4.67. The highest BCUT2D eigenvalue weighted by molar-refractivity contribution is 9.10. The highest BCUT2D eigenvalue weighted by Crippen LogP contribution is 2.42. The van der Waals surface area contributed by atoms with E-state index in [4.69, 9.17) is 5.11 Å². The number of carboxylic acids is 1. The van der Waals surface area contributed by atoms with Gasteiger partial charge < -0.3 is 5.11 Å². The molecule has 1 N–H and O–H groups in total. The van der Waals surface area contributed by atoms with E-state index in [9.17, 15) is 4.79 Å². The van der Waals surface area contributed by atoms with E-state index in [1.165, 1.54) is 15.6 Å². The fourth-order valence-electron chi connectivity index (χ4n) is 3.21. The van der Waals surface area contributed by atoms with E-state index in [1.54, 1.807) is 0 Å². The molecule has 1 atom stereocenters. The van der Waals surface area contributed by atoms with Crippen molar-refractivity contribution in [2.75, 3.05) is 13.1 Å². The van der Waals surface area contributed by atoms with Crippen LogP contribution in [0.15, 0.2) is 22.7 Å². The van der Waals surface area contributed by atoms with Gasteiger partial charge in [-0.3, -0.25) is 9.69 Å². The zero-order valence-electron chi connectivity index (χ0n) is 10.1. The number of benzene rings is 1. The molecule has 1 aromatic rings. The van der Waals surface area contributed by atoms with Gasteiger partial charge in [0.2, 0.25) is 0 Å². The van der Waals surface area contributed by atoms with Crippen LogP contribution < -0.4 is 0 Å². The lowest BCUT2D eigenvalue weighted by molar-refractivity contribution is -0.139. The van der Waals surface area contributed by atoms with Crippen molar-refractivity contribution >= 4 is 21.9 Å². The summed E-state index contributed by atoms with van der Waals surface area (Å²) in [6, 6.07) is 6.91. The van der Waals surface area contributed by atoms with E-state index in [-0.39, 0.29) is 0 Å². The maximum atomic E-state index is 10.6. The van der Waals surface area contributed by atoms with E-state index in [0.717, 1.165) is 25.9 Å². The van der Waals surface area contributed by atoms with E-state index >= 15 is 0 Å². The average Bonchev–Trinajstić information content (AvgIpc) is 2.67. The van der Waals surface area contributed by atoms with Crippen LogP contribution in [0.5, 0.6) is 0 Å². The molecule has 96 valence electrons. The van der Waals surface area contributed by atoms with E-state index in [2.05, 4.69) is 39.0 Å². The molecule has 1 unspecified atom stereocenters. The molecule has 0 amide bonds. The smallest absolute Gasteiger partial charge is 0.303 e. The number of hydrogen-bond donors (Lipinski definition) is 1. The Kier molecular flexibility index (Phi) is 3.16. The Bertz CT molecular complexity index is 483. The molecule has 1 fully saturated rings. The van der Waals surface area contributed by atoms with Gasteiger partial charge in [-0.25, -0.2) is 0 Å². The minimum atomic E-state index is -0.672. The highest BCUT2D eigenvalue weighted by Gasteiger charge is 2.37. The number of halogens is 1. The maximum absolute atomic E-state index is 10.6. The number of rotatable bonds is 3. The highest BCUT2D eigenvalue weighted by atomic mass is 79.9. The molecule has 0 saturated carbocycles. The first-order valence-electron chi connectivity index (χ1n) is 6.38. The van der Waals surface area contributed by atoms with E-state index in [0.29, 0.717) is 18.4 Å². The number of fused-ring (bicyclic) bond motifs is 1. The van der Waals surface area contributed by atoms with Gasteiger partial charge in [-0.05, 0) is 36.0 Å². The standard InChI is InChI=1S/C14H16BrNO2/c15-12-3-1-2-11-10(12)4-5-13(11)16-7-9(8-16)6-14(17)18/h1-3,9,13H,4-8H2,(H,17,18). The van der Waals surface area contributed by atoms with Crippen LogP contribution in [-0.4, -0.2) is 29.1 Å². The van der Waals surface area contributed by atoms with Crippen molar-refractivity contribution in [3.05, 3.63) is 33.8 Å². The third-order valence-corrected chi connectivity index (χ3v) is 4.81. The van der Waals surface area contributed by atoms with Crippen LogP contribution >= 0.6 is 15.9 Å². The molecule has 0 radical (unpaired) electrons. The molecule has 3 rings (SSSR count). The topological polar surface area (TPSA) is 40.5 Å². The lowest BCUT2D eigenvalue weighted by atomic mass is 9.92. The predicted molar refractivity (Wildman–Crippen MR) is 72.5 cm³/mol. The summed E-state index contributed by atoms with van der Waals surface area (Å²) in [5.41, 5.74) is 2.86. The Morgan fingerprint density at radius 1 is 1.44 bits per heavy atom. The monoisotopic (exact) mass is 309 g/mol. The van der Waals surface area contributed by atoms with Crippen LogP contribution in [0.1, 0.15) is 30.0 Å². The van der Waals surface area contributed by atoms with Crippen LogP contribution in [0.2, 0.25) is 0 Å². The van der Waals surface area contributed by atoms with Crippen molar-refractivity contribution in [3.63, 3.8) is 0 Å². The molecule has 1 aromatic carbocycles. The van der Waals surface area contributed by atoms with Gasteiger partial charge >= 0.3 is 5.97 Å². The van der Waals surface area contributed by atoms with Crippen molar-refractivity contribution < 1.29 is 9.90 Å². The summed E-state index contributed by atoms with van der Waals surface area (Å²) < 4.78 is 1.21. The minimum absolute atomic E-state index is 0.314. The lowest BCUT2D eigenvalue weighted by Crippen LogP contribution is -2.48. The molecule has 0 spiro atoms. The molecule has 4 heteroatoms. The Morgan fingerprint density at radius 3 is 2.94 bits per heavy atom. The van der Waals surface area contributed by atoms with Crippen LogP contribution in [0.25, 0.3) is 0 Å². The van der Waals surface area contributed by atoms with Crippen molar-refractivity contribution in [2.24, 2.45) is 5.92 Å². The lowest BCUT2D eigenvalue weighted by Gasteiger charge is -2.43. The molecule has 0 aromatic heterocycles. The number of nitrogens with zero attached hydrogens (tertiary/aromatic N) is 1. The largest absolute Gasteiger partial charge is 0.481 e. The first-order chi connectivity index (χ1) is 8.65. The molecular weight excluding hydrogens is 294 g/mol. The van der Waals surface area contributed by atoms with Gasteiger partial charge in [-0.2, -0.15) is 0 Å². The van der Waals surface area contributed by atoms with Gasteiger partial charge in [-0.15, -0.1) is 0 Å². The summed E-state index contributed by atoms with van der Waals surface area (Å²) in [6.07, 6.45) is 2.60. The summed E-state index contributed by atoms with van der Waals surface area (Å²) in [4.78, 5) is 13.1. The first kappa shape index (κ1) is 12.2. The van der Waals surface area contributed by atoms with Crippen molar-refractivity contribution in [1.29, 1.82) is 0 Å². The molecule has 3 nitrogen and oxygen atoms in total. The summed E-state index contributed by atoms with van der Waals surface area (Å²) in [5.74, 6) is -0.326. The second-order valence-corrected chi connectivity index (χ2v) is 6.13. The van der Waals surface area contributed by atoms with Gasteiger partial charge in [0.15, 0.2) is 0 Å². The molecule has 0 bridgehead atoms. The minimum Gasteiger partial charge on any atom is -0.481 e. The van der Waals surface area contributed by atoms with Crippen LogP contribution in [0, 0.1) is 5.92 Å². The SMILES string of the molecule is O=C(O)CC1CN(C2CCc3c(Br)cccc32)C1. The normalized spacial score (nSPS) is 23.7. The molecule has 18 heavy (non-hydrogen) atoms. The van der Waals surface area contributed by atoms with Crippen LogP contribution in [0.4, 0.5) is 0 Å². The van der Waals surface area contributed by atoms with Gasteiger partial charge in [0.1, 0.15) is 0 Å². The molecule has 1 aliphatic carbocycles. The Balaban J connectivity index is 1.68. The van der Waals surface area contributed by atoms with Gasteiger partial charge in [0.25, 0.3) is 0 Å². The number of likely N-dealkylation sites (tertiary alicyclic amines) is 1. The fraction of sp³-hybridized carbons (Fsp3) is 0.500. The fourth-order valence-corrected chi connectivity index (χ4v) is 3.79. The van der Waals surface area contributed by atoms with E-state index in [1.807, 2.05) is 0 Å². The number of aliphatic carboxylic acids is 1. The molecular formula is C14H16BrNO2. The summed E-state index contributed by atoms with van der Waals surface area (Å²) in [6.45, 7) is 1.87. The summed E-state index contributed by atoms with van der Waals surface area (Å²) >= 11 is 3.61. The van der Waals surface area contributed by atoms with E-state index < -0.39 is 5.97 Å². The number of carboxylic acid groups (broad SMARTS) is 1. The summed E-state index contributed by atoms with van der Waals surface area (Å²) in [7, 11) is 0. The van der Waals surface area contributed by atoms with Crippen molar-refractivity contribution in [3.8, 4) is 0 Å².